The van der Waals surface area contributed by atoms with Crippen molar-refractivity contribution in [3.63, 3.8) is 0 Å². The summed E-state index contributed by atoms with van der Waals surface area (Å²) in [6, 6.07) is 7.09. The van der Waals surface area contributed by atoms with Crippen LogP contribution in [0.3, 0.4) is 0 Å². The zero-order valence-corrected chi connectivity index (χ0v) is 11.8. The fourth-order valence-electron chi connectivity index (χ4n) is 2.10. The average Bonchev–Trinajstić information content (AvgIpc) is 2.87. The summed E-state index contributed by atoms with van der Waals surface area (Å²) >= 11 is 0. The van der Waals surface area contributed by atoms with Gasteiger partial charge in [0.25, 0.3) is 0 Å². The number of carboxylic acid groups (broad SMARTS) is 1. The van der Waals surface area contributed by atoms with Gasteiger partial charge in [-0.3, -0.25) is 9.59 Å². The molecule has 0 fully saturated rings. The fourth-order valence-corrected chi connectivity index (χ4v) is 2.10. The number of aromatic amines is 1. The summed E-state index contributed by atoms with van der Waals surface area (Å²) < 4.78 is 0. The second-order valence-corrected chi connectivity index (χ2v) is 5.15. The number of aliphatic carboxylic acids is 1. The van der Waals surface area contributed by atoms with Crippen LogP contribution >= 0.6 is 0 Å². The van der Waals surface area contributed by atoms with E-state index in [1.54, 1.807) is 0 Å². The summed E-state index contributed by atoms with van der Waals surface area (Å²) in [5.41, 5.74) is 7.86. The SMILES string of the molecule is CC(CNC(=O)C(N)Cc1c[nH]c2ccccc12)C(=O)O. The zero-order chi connectivity index (χ0) is 15.4. The van der Waals surface area contributed by atoms with Crippen LogP contribution in [0, 0.1) is 5.92 Å². The number of nitrogens with two attached hydrogens (primary N) is 1. The first kappa shape index (κ1) is 15.1. The van der Waals surface area contributed by atoms with Crippen molar-refractivity contribution in [3.8, 4) is 0 Å². The van der Waals surface area contributed by atoms with Gasteiger partial charge in [0.15, 0.2) is 0 Å². The standard InChI is InChI=1S/C15H19N3O3/c1-9(15(20)21)7-18-14(19)12(16)6-10-8-17-13-5-3-2-4-11(10)13/h2-5,8-9,12,17H,6-7,16H2,1H3,(H,18,19)(H,20,21). The second-order valence-electron chi connectivity index (χ2n) is 5.15. The molecular formula is C15H19N3O3. The van der Waals surface area contributed by atoms with Crippen LogP contribution in [0.2, 0.25) is 0 Å². The Morgan fingerprint density at radius 3 is 2.81 bits per heavy atom. The number of rotatable bonds is 6. The van der Waals surface area contributed by atoms with E-state index in [0.29, 0.717) is 6.42 Å². The lowest BCUT2D eigenvalue weighted by Gasteiger charge is -2.13. The van der Waals surface area contributed by atoms with E-state index in [9.17, 15) is 9.59 Å². The number of amides is 1. The lowest BCUT2D eigenvalue weighted by molar-refractivity contribution is -0.141. The fraction of sp³-hybridized carbons (Fsp3) is 0.333. The molecule has 1 aromatic carbocycles. The van der Waals surface area contributed by atoms with Gasteiger partial charge in [0, 0.05) is 23.6 Å². The van der Waals surface area contributed by atoms with E-state index in [4.69, 9.17) is 10.8 Å². The molecule has 0 aliphatic rings. The van der Waals surface area contributed by atoms with Crippen LogP contribution in [0.4, 0.5) is 0 Å². The molecule has 2 atom stereocenters. The lowest BCUT2D eigenvalue weighted by atomic mass is 10.0. The number of fused-ring (bicyclic) bond motifs is 1. The predicted molar refractivity (Wildman–Crippen MR) is 79.8 cm³/mol. The number of aromatic nitrogens is 1. The van der Waals surface area contributed by atoms with Crippen LogP contribution in [-0.2, 0) is 16.0 Å². The molecule has 0 aliphatic carbocycles. The molecule has 2 aromatic rings. The van der Waals surface area contributed by atoms with Gasteiger partial charge >= 0.3 is 5.97 Å². The molecule has 0 bridgehead atoms. The van der Waals surface area contributed by atoms with E-state index in [1.807, 2.05) is 30.5 Å². The minimum absolute atomic E-state index is 0.0791. The van der Waals surface area contributed by atoms with Crippen molar-refractivity contribution >= 4 is 22.8 Å². The maximum absolute atomic E-state index is 11.9. The van der Waals surface area contributed by atoms with Gasteiger partial charge in [-0.1, -0.05) is 25.1 Å². The van der Waals surface area contributed by atoms with Crippen molar-refractivity contribution in [2.45, 2.75) is 19.4 Å². The third-order valence-corrected chi connectivity index (χ3v) is 3.46. The molecule has 0 aliphatic heterocycles. The Morgan fingerprint density at radius 2 is 2.10 bits per heavy atom. The highest BCUT2D eigenvalue weighted by Gasteiger charge is 2.18. The summed E-state index contributed by atoms with van der Waals surface area (Å²) in [6.07, 6.45) is 2.25. The van der Waals surface area contributed by atoms with Crippen molar-refractivity contribution in [1.82, 2.24) is 10.3 Å². The highest BCUT2D eigenvalue weighted by Crippen LogP contribution is 2.18. The number of hydrogen-bond donors (Lipinski definition) is 4. The van der Waals surface area contributed by atoms with Crippen molar-refractivity contribution in [1.29, 1.82) is 0 Å². The second kappa shape index (κ2) is 6.41. The Hall–Kier alpha value is -2.34. The number of hydrogen-bond acceptors (Lipinski definition) is 3. The number of benzene rings is 1. The van der Waals surface area contributed by atoms with Crippen LogP contribution in [0.25, 0.3) is 10.9 Å². The van der Waals surface area contributed by atoms with E-state index in [2.05, 4.69) is 10.3 Å². The minimum atomic E-state index is -0.944. The maximum Gasteiger partial charge on any atom is 0.308 e. The Morgan fingerprint density at radius 1 is 1.38 bits per heavy atom. The number of carbonyl (C=O) groups is 2. The molecule has 0 radical (unpaired) electrons. The molecule has 1 amide bonds. The molecule has 1 aromatic heterocycles. The summed E-state index contributed by atoms with van der Waals surface area (Å²) in [5, 5.41) is 12.4. The Labute approximate surface area is 122 Å². The van der Waals surface area contributed by atoms with E-state index in [-0.39, 0.29) is 12.5 Å². The zero-order valence-electron chi connectivity index (χ0n) is 11.8. The van der Waals surface area contributed by atoms with E-state index in [0.717, 1.165) is 16.5 Å². The van der Waals surface area contributed by atoms with Crippen molar-refractivity contribution in [3.05, 3.63) is 36.0 Å². The summed E-state index contributed by atoms with van der Waals surface area (Å²) in [6.45, 7) is 1.61. The van der Waals surface area contributed by atoms with Crippen LogP contribution in [0.1, 0.15) is 12.5 Å². The molecule has 1 heterocycles. The third kappa shape index (κ3) is 3.61. The topological polar surface area (TPSA) is 108 Å². The molecule has 21 heavy (non-hydrogen) atoms. The van der Waals surface area contributed by atoms with E-state index >= 15 is 0 Å². The average molecular weight is 289 g/mol. The number of nitrogens with one attached hydrogen (secondary N) is 2. The molecule has 6 nitrogen and oxygen atoms in total. The Balaban J connectivity index is 1.96. The quantitative estimate of drug-likeness (QED) is 0.633. The first-order valence-electron chi connectivity index (χ1n) is 6.80. The molecule has 0 saturated carbocycles. The van der Waals surface area contributed by atoms with Gasteiger partial charge in [-0.05, 0) is 18.1 Å². The molecule has 2 unspecified atom stereocenters. The van der Waals surface area contributed by atoms with Gasteiger partial charge in [0.05, 0.1) is 12.0 Å². The Bertz CT molecular complexity index is 650. The number of para-hydroxylation sites is 1. The van der Waals surface area contributed by atoms with Crippen LogP contribution in [0.5, 0.6) is 0 Å². The number of H-pyrrole nitrogens is 1. The molecule has 5 N–H and O–H groups in total. The monoisotopic (exact) mass is 289 g/mol. The summed E-state index contributed by atoms with van der Waals surface area (Å²) in [7, 11) is 0. The third-order valence-electron chi connectivity index (χ3n) is 3.46. The van der Waals surface area contributed by atoms with Gasteiger partial charge in [-0.15, -0.1) is 0 Å². The van der Waals surface area contributed by atoms with Gasteiger partial charge in [0.2, 0.25) is 5.91 Å². The number of carbonyl (C=O) groups excluding carboxylic acids is 1. The summed E-state index contributed by atoms with van der Waals surface area (Å²) in [4.78, 5) is 25.7. The highest BCUT2D eigenvalue weighted by atomic mass is 16.4. The highest BCUT2D eigenvalue weighted by molar-refractivity contribution is 5.86. The molecule has 0 saturated heterocycles. The Kier molecular flexibility index (Phi) is 4.59. The smallest absolute Gasteiger partial charge is 0.308 e. The van der Waals surface area contributed by atoms with Gasteiger partial charge in [-0.2, -0.15) is 0 Å². The maximum atomic E-state index is 11.9. The molecule has 0 spiro atoms. The van der Waals surface area contributed by atoms with Crippen molar-refractivity contribution in [2.24, 2.45) is 11.7 Å². The lowest BCUT2D eigenvalue weighted by Crippen LogP contribution is -2.44. The van der Waals surface area contributed by atoms with E-state index < -0.39 is 17.9 Å². The molecule has 112 valence electrons. The van der Waals surface area contributed by atoms with Crippen molar-refractivity contribution in [2.75, 3.05) is 6.54 Å². The van der Waals surface area contributed by atoms with Gasteiger partial charge in [0.1, 0.15) is 0 Å². The van der Waals surface area contributed by atoms with Gasteiger partial charge in [-0.25, -0.2) is 0 Å². The van der Waals surface area contributed by atoms with E-state index in [1.165, 1.54) is 6.92 Å². The number of carboxylic acids is 1. The molecule has 6 heteroatoms. The molecular weight excluding hydrogens is 270 g/mol. The minimum Gasteiger partial charge on any atom is -0.481 e. The normalized spacial score (nSPS) is 13.8. The first-order chi connectivity index (χ1) is 9.99. The largest absolute Gasteiger partial charge is 0.481 e. The van der Waals surface area contributed by atoms with Gasteiger partial charge < -0.3 is 21.1 Å². The first-order valence-corrected chi connectivity index (χ1v) is 6.80. The van der Waals surface area contributed by atoms with Crippen LogP contribution < -0.4 is 11.1 Å². The summed E-state index contributed by atoms with van der Waals surface area (Å²) in [5.74, 6) is -1.91. The van der Waals surface area contributed by atoms with Crippen LogP contribution in [0.15, 0.2) is 30.5 Å². The van der Waals surface area contributed by atoms with Crippen molar-refractivity contribution < 1.29 is 14.7 Å². The predicted octanol–water partition coefficient (Wildman–Crippen LogP) is 0.875. The molecule has 2 rings (SSSR count). The van der Waals surface area contributed by atoms with Crippen LogP contribution in [-0.4, -0.2) is 34.6 Å².